The van der Waals surface area contributed by atoms with E-state index >= 15 is 0 Å². The Bertz CT molecular complexity index is 255. The molecule has 0 aliphatic carbocycles. The molecule has 2 rings (SSSR count). The molecule has 4 heteroatoms. The molecule has 2 aliphatic rings. The van der Waals surface area contributed by atoms with Crippen LogP contribution in [-0.4, -0.2) is 61.5 Å². The van der Waals surface area contributed by atoms with Crippen molar-refractivity contribution in [3.05, 3.63) is 12.7 Å². The molecule has 4 nitrogen and oxygen atoms in total. The summed E-state index contributed by atoms with van der Waals surface area (Å²) in [5.41, 5.74) is 0. The molecule has 0 atom stereocenters. The summed E-state index contributed by atoms with van der Waals surface area (Å²) in [7, 11) is 0. The molecular weight excluding hydrogens is 202 g/mol. The molecule has 1 N–H and O–H groups in total. The first-order valence-electron chi connectivity index (χ1n) is 6.11. The van der Waals surface area contributed by atoms with E-state index in [9.17, 15) is 4.79 Å². The zero-order valence-electron chi connectivity index (χ0n) is 9.82. The Kier molecular flexibility index (Phi) is 3.96. The molecule has 0 radical (unpaired) electrons. The normalized spacial score (nSPS) is 22.9. The second kappa shape index (κ2) is 5.46. The summed E-state index contributed by atoms with van der Waals surface area (Å²) < 4.78 is 0. The lowest BCUT2D eigenvalue weighted by atomic mass is 9.98. The van der Waals surface area contributed by atoms with Crippen LogP contribution in [0.15, 0.2) is 12.7 Å². The van der Waals surface area contributed by atoms with Crippen molar-refractivity contribution < 1.29 is 4.79 Å². The van der Waals surface area contributed by atoms with Crippen LogP contribution in [0.1, 0.15) is 6.42 Å². The van der Waals surface area contributed by atoms with Crippen molar-refractivity contribution in [2.45, 2.75) is 6.42 Å². The Hall–Kier alpha value is -0.870. The van der Waals surface area contributed by atoms with Gasteiger partial charge in [0, 0.05) is 39.1 Å². The summed E-state index contributed by atoms with van der Waals surface area (Å²) in [5.74, 6) is 0.920. The third kappa shape index (κ3) is 2.83. The van der Waals surface area contributed by atoms with Gasteiger partial charge in [-0.3, -0.25) is 9.69 Å². The number of nitrogens with zero attached hydrogens (tertiary/aromatic N) is 2. The SMILES string of the molecule is C=CCN1CCN(C(=O)CC2CNC2)CC1. The summed E-state index contributed by atoms with van der Waals surface area (Å²) >= 11 is 0. The summed E-state index contributed by atoms with van der Waals surface area (Å²) in [5, 5.41) is 3.20. The highest BCUT2D eigenvalue weighted by Gasteiger charge is 2.25. The number of piperazine rings is 1. The maximum Gasteiger partial charge on any atom is 0.223 e. The molecule has 2 fully saturated rings. The van der Waals surface area contributed by atoms with Crippen LogP contribution in [-0.2, 0) is 4.79 Å². The van der Waals surface area contributed by atoms with E-state index in [-0.39, 0.29) is 0 Å². The molecule has 0 unspecified atom stereocenters. The summed E-state index contributed by atoms with van der Waals surface area (Å²) in [4.78, 5) is 16.3. The number of hydrogen-bond acceptors (Lipinski definition) is 3. The molecule has 90 valence electrons. The van der Waals surface area contributed by atoms with Crippen molar-refractivity contribution in [2.75, 3.05) is 45.8 Å². The highest BCUT2D eigenvalue weighted by Crippen LogP contribution is 2.12. The van der Waals surface area contributed by atoms with Crippen molar-refractivity contribution in [1.82, 2.24) is 15.1 Å². The Morgan fingerprint density at radius 2 is 2.00 bits per heavy atom. The number of hydrogen-bond donors (Lipinski definition) is 1. The van der Waals surface area contributed by atoms with E-state index < -0.39 is 0 Å². The maximum atomic E-state index is 11.9. The number of rotatable bonds is 4. The van der Waals surface area contributed by atoms with Gasteiger partial charge in [-0.25, -0.2) is 0 Å². The van der Waals surface area contributed by atoms with Crippen molar-refractivity contribution in [3.63, 3.8) is 0 Å². The predicted octanol–water partition coefficient (Wildman–Crippen LogP) is -0.0739. The summed E-state index contributed by atoms with van der Waals surface area (Å²) in [6.07, 6.45) is 2.66. The number of nitrogens with one attached hydrogen (secondary N) is 1. The van der Waals surface area contributed by atoms with Gasteiger partial charge in [0.15, 0.2) is 0 Å². The Balaban J connectivity index is 1.70. The van der Waals surface area contributed by atoms with Crippen molar-refractivity contribution in [3.8, 4) is 0 Å². The van der Waals surface area contributed by atoms with Gasteiger partial charge in [0.2, 0.25) is 5.91 Å². The molecular formula is C12H21N3O. The van der Waals surface area contributed by atoms with Gasteiger partial charge in [0.1, 0.15) is 0 Å². The van der Waals surface area contributed by atoms with Crippen molar-refractivity contribution in [2.24, 2.45) is 5.92 Å². The molecule has 0 aromatic rings. The Labute approximate surface area is 97.3 Å². The van der Waals surface area contributed by atoms with Crippen LogP contribution in [0.2, 0.25) is 0 Å². The number of amides is 1. The van der Waals surface area contributed by atoms with Gasteiger partial charge in [0.05, 0.1) is 0 Å². The number of carbonyl (C=O) groups excluding carboxylic acids is 1. The van der Waals surface area contributed by atoms with E-state index in [2.05, 4.69) is 16.8 Å². The van der Waals surface area contributed by atoms with Crippen molar-refractivity contribution >= 4 is 5.91 Å². The molecule has 2 heterocycles. The fraction of sp³-hybridized carbons (Fsp3) is 0.750. The summed E-state index contributed by atoms with van der Waals surface area (Å²) in [6.45, 7) is 10.4. The lowest BCUT2D eigenvalue weighted by Crippen LogP contribution is -2.51. The second-order valence-corrected chi connectivity index (χ2v) is 4.70. The van der Waals surface area contributed by atoms with E-state index in [1.54, 1.807) is 0 Å². The van der Waals surface area contributed by atoms with Crippen LogP contribution < -0.4 is 5.32 Å². The minimum Gasteiger partial charge on any atom is -0.340 e. The van der Waals surface area contributed by atoms with E-state index in [0.717, 1.165) is 52.2 Å². The molecule has 0 bridgehead atoms. The highest BCUT2D eigenvalue weighted by atomic mass is 16.2. The average molecular weight is 223 g/mol. The van der Waals surface area contributed by atoms with Gasteiger partial charge in [-0.1, -0.05) is 6.08 Å². The lowest BCUT2D eigenvalue weighted by Gasteiger charge is -2.36. The minimum atomic E-state index is 0.338. The van der Waals surface area contributed by atoms with Crippen molar-refractivity contribution in [1.29, 1.82) is 0 Å². The van der Waals surface area contributed by atoms with Gasteiger partial charge >= 0.3 is 0 Å². The van der Waals surface area contributed by atoms with Crippen LogP contribution in [0.3, 0.4) is 0 Å². The van der Waals surface area contributed by atoms with Crippen LogP contribution in [0.4, 0.5) is 0 Å². The molecule has 16 heavy (non-hydrogen) atoms. The average Bonchev–Trinajstić information content (AvgIpc) is 2.25. The third-order valence-corrected chi connectivity index (χ3v) is 3.44. The lowest BCUT2D eigenvalue weighted by molar-refractivity contribution is -0.134. The quantitative estimate of drug-likeness (QED) is 0.678. The zero-order chi connectivity index (χ0) is 11.4. The first-order valence-corrected chi connectivity index (χ1v) is 6.11. The fourth-order valence-electron chi connectivity index (χ4n) is 2.23. The third-order valence-electron chi connectivity index (χ3n) is 3.44. The zero-order valence-corrected chi connectivity index (χ0v) is 9.82. The molecule has 2 aliphatic heterocycles. The van der Waals surface area contributed by atoms with E-state index in [0.29, 0.717) is 11.8 Å². The van der Waals surface area contributed by atoms with Crippen LogP contribution in [0.5, 0.6) is 0 Å². The Morgan fingerprint density at radius 3 is 2.50 bits per heavy atom. The van der Waals surface area contributed by atoms with Crippen LogP contribution >= 0.6 is 0 Å². The van der Waals surface area contributed by atoms with E-state index in [4.69, 9.17) is 0 Å². The Morgan fingerprint density at radius 1 is 1.31 bits per heavy atom. The standard InChI is InChI=1S/C12H21N3O/c1-2-3-14-4-6-15(7-5-14)12(16)8-11-9-13-10-11/h2,11,13H,1,3-10H2. The summed E-state index contributed by atoms with van der Waals surface area (Å²) in [6, 6.07) is 0. The van der Waals surface area contributed by atoms with Gasteiger partial charge in [-0.05, 0) is 19.0 Å². The monoisotopic (exact) mass is 223 g/mol. The molecule has 0 aromatic carbocycles. The van der Waals surface area contributed by atoms with Crippen LogP contribution in [0.25, 0.3) is 0 Å². The molecule has 1 amide bonds. The molecule has 0 aromatic heterocycles. The topological polar surface area (TPSA) is 35.6 Å². The van der Waals surface area contributed by atoms with E-state index in [1.807, 2.05) is 11.0 Å². The maximum absolute atomic E-state index is 11.9. The van der Waals surface area contributed by atoms with Gasteiger partial charge < -0.3 is 10.2 Å². The minimum absolute atomic E-state index is 0.338. The number of carbonyl (C=O) groups is 1. The highest BCUT2D eigenvalue weighted by molar-refractivity contribution is 5.76. The smallest absolute Gasteiger partial charge is 0.223 e. The van der Waals surface area contributed by atoms with Gasteiger partial charge in [0.25, 0.3) is 0 Å². The van der Waals surface area contributed by atoms with Gasteiger partial charge in [-0.15, -0.1) is 6.58 Å². The molecule has 2 saturated heterocycles. The second-order valence-electron chi connectivity index (χ2n) is 4.70. The molecule has 0 saturated carbocycles. The van der Waals surface area contributed by atoms with Crippen LogP contribution in [0, 0.1) is 5.92 Å². The largest absolute Gasteiger partial charge is 0.340 e. The first kappa shape index (κ1) is 11.6. The molecule has 0 spiro atoms. The van der Waals surface area contributed by atoms with E-state index in [1.165, 1.54) is 0 Å². The first-order chi connectivity index (χ1) is 7.79. The van der Waals surface area contributed by atoms with Gasteiger partial charge in [-0.2, -0.15) is 0 Å². The fourth-order valence-corrected chi connectivity index (χ4v) is 2.23. The predicted molar refractivity (Wildman–Crippen MR) is 64.2 cm³/mol.